The van der Waals surface area contributed by atoms with E-state index in [0.29, 0.717) is 10.0 Å². The summed E-state index contributed by atoms with van der Waals surface area (Å²) in [6.07, 6.45) is 0. The fourth-order valence-corrected chi connectivity index (χ4v) is 1.34. The van der Waals surface area contributed by atoms with E-state index in [-0.39, 0.29) is 6.04 Å². The molecule has 1 atom stereocenters. The standard InChI is InChI=1S/C9H8Cl2N2/c1-6(5-12)13-9-3-2-7(10)4-8(9)11/h2-4,6,13H,1H3. The summed E-state index contributed by atoms with van der Waals surface area (Å²) >= 11 is 11.6. The molecule has 1 unspecified atom stereocenters. The lowest BCUT2D eigenvalue weighted by Gasteiger charge is -2.09. The number of benzene rings is 1. The van der Waals surface area contributed by atoms with Gasteiger partial charge in [-0.25, -0.2) is 0 Å². The summed E-state index contributed by atoms with van der Waals surface area (Å²) in [5.41, 5.74) is 0.722. The van der Waals surface area contributed by atoms with Crippen LogP contribution in [0, 0.1) is 11.3 Å². The zero-order chi connectivity index (χ0) is 9.84. The summed E-state index contributed by atoms with van der Waals surface area (Å²) in [6.45, 7) is 1.75. The fourth-order valence-electron chi connectivity index (χ4n) is 0.872. The molecule has 0 aliphatic heterocycles. The topological polar surface area (TPSA) is 35.8 Å². The van der Waals surface area contributed by atoms with Gasteiger partial charge in [-0.15, -0.1) is 0 Å². The minimum Gasteiger partial charge on any atom is -0.369 e. The molecule has 0 bridgehead atoms. The van der Waals surface area contributed by atoms with Crippen molar-refractivity contribution in [2.75, 3.05) is 5.32 Å². The van der Waals surface area contributed by atoms with Gasteiger partial charge in [-0.05, 0) is 25.1 Å². The van der Waals surface area contributed by atoms with Crippen LogP contribution >= 0.6 is 23.2 Å². The molecule has 2 nitrogen and oxygen atoms in total. The van der Waals surface area contributed by atoms with Gasteiger partial charge < -0.3 is 5.32 Å². The lowest BCUT2D eigenvalue weighted by atomic mass is 10.3. The zero-order valence-electron chi connectivity index (χ0n) is 7.01. The molecule has 1 rings (SSSR count). The molecule has 0 fully saturated rings. The highest BCUT2D eigenvalue weighted by Crippen LogP contribution is 2.25. The van der Waals surface area contributed by atoms with Crippen LogP contribution in [0.4, 0.5) is 5.69 Å². The van der Waals surface area contributed by atoms with Gasteiger partial charge >= 0.3 is 0 Å². The maximum absolute atomic E-state index is 8.56. The monoisotopic (exact) mass is 214 g/mol. The first kappa shape index (κ1) is 10.2. The molecule has 68 valence electrons. The minimum absolute atomic E-state index is 0.265. The van der Waals surface area contributed by atoms with Crippen molar-refractivity contribution in [3.63, 3.8) is 0 Å². The molecular formula is C9H8Cl2N2. The van der Waals surface area contributed by atoms with Crippen LogP contribution in [0.3, 0.4) is 0 Å². The first-order valence-electron chi connectivity index (χ1n) is 3.74. The Bertz CT molecular complexity index is 344. The Kier molecular flexibility index (Phi) is 3.41. The van der Waals surface area contributed by atoms with Gasteiger partial charge in [0.25, 0.3) is 0 Å². The highest BCUT2D eigenvalue weighted by atomic mass is 35.5. The molecule has 0 heterocycles. The smallest absolute Gasteiger partial charge is 0.111 e. The molecule has 13 heavy (non-hydrogen) atoms. The number of nitriles is 1. The maximum Gasteiger partial charge on any atom is 0.111 e. The van der Waals surface area contributed by atoms with Crippen LogP contribution in [-0.4, -0.2) is 6.04 Å². The van der Waals surface area contributed by atoms with Crippen LogP contribution in [0.2, 0.25) is 10.0 Å². The third-order valence-corrected chi connectivity index (χ3v) is 2.04. The molecule has 0 aliphatic carbocycles. The van der Waals surface area contributed by atoms with Crippen molar-refractivity contribution in [3.8, 4) is 6.07 Å². The van der Waals surface area contributed by atoms with Gasteiger partial charge in [-0.3, -0.25) is 0 Å². The van der Waals surface area contributed by atoms with E-state index in [2.05, 4.69) is 11.4 Å². The van der Waals surface area contributed by atoms with Gasteiger partial charge in [-0.2, -0.15) is 5.26 Å². The summed E-state index contributed by atoms with van der Waals surface area (Å²) in [5.74, 6) is 0. The van der Waals surface area contributed by atoms with Crippen molar-refractivity contribution in [3.05, 3.63) is 28.2 Å². The van der Waals surface area contributed by atoms with E-state index in [9.17, 15) is 0 Å². The Morgan fingerprint density at radius 2 is 2.15 bits per heavy atom. The number of hydrogen-bond donors (Lipinski definition) is 1. The first-order chi connectivity index (χ1) is 6.13. The van der Waals surface area contributed by atoms with E-state index in [1.807, 2.05) is 0 Å². The Morgan fingerprint density at radius 1 is 1.46 bits per heavy atom. The molecule has 1 aromatic carbocycles. The summed E-state index contributed by atoms with van der Waals surface area (Å²) in [7, 11) is 0. The summed E-state index contributed by atoms with van der Waals surface area (Å²) in [6, 6.07) is 6.89. The van der Waals surface area contributed by atoms with Gasteiger partial charge in [0, 0.05) is 5.02 Å². The predicted octanol–water partition coefficient (Wildman–Crippen LogP) is 3.32. The summed E-state index contributed by atoms with van der Waals surface area (Å²) in [4.78, 5) is 0. The Labute approximate surface area is 87.1 Å². The van der Waals surface area contributed by atoms with Crippen molar-refractivity contribution in [1.82, 2.24) is 0 Å². The van der Waals surface area contributed by atoms with Crippen molar-refractivity contribution >= 4 is 28.9 Å². The fraction of sp³-hybridized carbons (Fsp3) is 0.222. The SMILES string of the molecule is CC(C#N)Nc1ccc(Cl)cc1Cl. The second kappa shape index (κ2) is 4.36. The molecule has 0 aliphatic rings. The maximum atomic E-state index is 8.56. The van der Waals surface area contributed by atoms with Crippen molar-refractivity contribution in [1.29, 1.82) is 5.26 Å². The van der Waals surface area contributed by atoms with Gasteiger partial charge in [0.2, 0.25) is 0 Å². The number of hydrogen-bond acceptors (Lipinski definition) is 2. The van der Waals surface area contributed by atoms with Gasteiger partial charge in [0.15, 0.2) is 0 Å². The number of rotatable bonds is 2. The van der Waals surface area contributed by atoms with Crippen LogP contribution in [0.15, 0.2) is 18.2 Å². The first-order valence-corrected chi connectivity index (χ1v) is 4.50. The molecule has 1 aromatic rings. The van der Waals surface area contributed by atoms with E-state index in [4.69, 9.17) is 28.5 Å². The Balaban J connectivity index is 2.85. The van der Waals surface area contributed by atoms with Crippen LogP contribution in [-0.2, 0) is 0 Å². The molecule has 0 radical (unpaired) electrons. The van der Waals surface area contributed by atoms with E-state index in [1.54, 1.807) is 25.1 Å². The van der Waals surface area contributed by atoms with E-state index in [1.165, 1.54) is 0 Å². The zero-order valence-corrected chi connectivity index (χ0v) is 8.52. The molecule has 1 N–H and O–H groups in total. The average molecular weight is 215 g/mol. The third-order valence-electron chi connectivity index (χ3n) is 1.50. The van der Waals surface area contributed by atoms with E-state index >= 15 is 0 Å². The lowest BCUT2D eigenvalue weighted by Crippen LogP contribution is -2.12. The lowest BCUT2D eigenvalue weighted by molar-refractivity contribution is 1.01. The van der Waals surface area contributed by atoms with E-state index in [0.717, 1.165) is 5.69 Å². The average Bonchev–Trinajstić information content (AvgIpc) is 2.09. The predicted molar refractivity (Wildman–Crippen MR) is 55.2 cm³/mol. The highest BCUT2D eigenvalue weighted by Gasteiger charge is 2.03. The number of halogens is 2. The van der Waals surface area contributed by atoms with Crippen molar-refractivity contribution < 1.29 is 0 Å². The number of anilines is 1. The molecule has 0 saturated carbocycles. The normalized spacial score (nSPS) is 11.8. The molecule has 0 spiro atoms. The van der Waals surface area contributed by atoms with E-state index < -0.39 is 0 Å². The minimum atomic E-state index is -0.265. The molecule has 0 saturated heterocycles. The number of nitrogens with one attached hydrogen (secondary N) is 1. The van der Waals surface area contributed by atoms with Gasteiger partial charge in [0.1, 0.15) is 6.04 Å². The molecule has 0 amide bonds. The number of nitrogens with zero attached hydrogens (tertiary/aromatic N) is 1. The molecule has 0 aromatic heterocycles. The summed E-state index contributed by atoms with van der Waals surface area (Å²) in [5, 5.41) is 12.6. The van der Waals surface area contributed by atoms with Crippen molar-refractivity contribution in [2.45, 2.75) is 13.0 Å². The van der Waals surface area contributed by atoms with Crippen LogP contribution in [0.1, 0.15) is 6.92 Å². The Morgan fingerprint density at radius 3 is 2.69 bits per heavy atom. The quantitative estimate of drug-likeness (QED) is 0.821. The summed E-state index contributed by atoms with van der Waals surface area (Å²) < 4.78 is 0. The highest BCUT2D eigenvalue weighted by molar-refractivity contribution is 6.36. The van der Waals surface area contributed by atoms with Crippen molar-refractivity contribution in [2.24, 2.45) is 0 Å². The van der Waals surface area contributed by atoms with Crippen LogP contribution < -0.4 is 5.32 Å². The van der Waals surface area contributed by atoms with Crippen LogP contribution in [0.25, 0.3) is 0 Å². The van der Waals surface area contributed by atoms with Gasteiger partial charge in [0.05, 0.1) is 16.8 Å². The third kappa shape index (κ3) is 2.80. The Hall–Kier alpha value is -0.910. The van der Waals surface area contributed by atoms with Gasteiger partial charge in [-0.1, -0.05) is 23.2 Å². The second-order valence-electron chi connectivity index (χ2n) is 2.62. The second-order valence-corrected chi connectivity index (χ2v) is 3.46. The van der Waals surface area contributed by atoms with Crippen LogP contribution in [0.5, 0.6) is 0 Å². The molecular weight excluding hydrogens is 207 g/mol. The molecule has 4 heteroatoms. The largest absolute Gasteiger partial charge is 0.369 e.